The van der Waals surface area contributed by atoms with Gasteiger partial charge in [-0.3, -0.25) is 0 Å². The molecule has 0 saturated carbocycles. The molecule has 2 aromatic rings. The lowest BCUT2D eigenvalue weighted by Crippen LogP contribution is -2.04. The van der Waals surface area contributed by atoms with Gasteiger partial charge in [-0.15, -0.1) is 0 Å². The average molecular weight is 351 g/mol. The first-order chi connectivity index (χ1) is 9.79. The van der Waals surface area contributed by atoms with E-state index in [1.165, 1.54) is 16.8 Å². The van der Waals surface area contributed by atoms with Crippen LogP contribution in [0, 0.1) is 5.82 Å². The van der Waals surface area contributed by atoms with E-state index >= 15 is 0 Å². The lowest BCUT2D eigenvalue weighted by molar-refractivity contribution is 0.607. The quantitative estimate of drug-likeness (QED) is 0.789. The van der Waals surface area contributed by atoms with Gasteiger partial charge in [-0.05, 0) is 25.0 Å². The van der Waals surface area contributed by atoms with Crippen LogP contribution in [-0.2, 0) is 21.9 Å². The van der Waals surface area contributed by atoms with E-state index in [0.717, 1.165) is 0 Å². The molecular weight excluding hydrogens is 338 g/mol. The van der Waals surface area contributed by atoms with Crippen LogP contribution >= 0.6 is 22.3 Å². The minimum Gasteiger partial charge on any atom is -0.236 e. The molecule has 1 aromatic heterocycles. The van der Waals surface area contributed by atoms with Crippen LogP contribution in [-0.4, -0.2) is 18.2 Å². The smallest absolute Gasteiger partial charge is 0.236 e. The highest BCUT2D eigenvalue weighted by Gasteiger charge is 2.26. The fourth-order valence-corrected chi connectivity index (χ4v) is 3.77. The molecule has 0 N–H and O–H groups in total. The molecule has 0 saturated heterocycles. The Kier molecular flexibility index (Phi) is 4.60. The van der Waals surface area contributed by atoms with Crippen LogP contribution in [0.15, 0.2) is 23.1 Å². The number of benzene rings is 1. The van der Waals surface area contributed by atoms with Crippen molar-refractivity contribution in [2.24, 2.45) is 0 Å². The summed E-state index contributed by atoms with van der Waals surface area (Å²) in [5, 5.41) is 4.24. The summed E-state index contributed by atoms with van der Waals surface area (Å²) >= 11 is 5.66. The van der Waals surface area contributed by atoms with Crippen LogP contribution in [0.4, 0.5) is 4.39 Å². The van der Waals surface area contributed by atoms with Gasteiger partial charge in [-0.2, -0.15) is 5.10 Å². The van der Waals surface area contributed by atoms with Gasteiger partial charge in [0.2, 0.25) is 0 Å². The van der Waals surface area contributed by atoms with E-state index in [1.54, 1.807) is 19.9 Å². The molecule has 4 nitrogen and oxygen atoms in total. The highest BCUT2D eigenvalue weighted by atomic mass is 35.7. The number of halogens is 3. The van der Waals surface area contributed by atoms with Gasteiger partial charge in [-0.25, -0.2) is 17.5 Å². The number of aryl methyl sites for hydroxylation is 1. The van der Waals surface area contributed by atoms with Crippen molar-refractivity contribution in [3.05, 3.63) is 40.4 Å². The van der Waals surface area contributed by atoms with E-state index in [1.807, 2.05) is 0 Å². The predicted octanol–water partition coefficient (Wildman–Crippen LogP) is 3.72. The zero-order valence-corrected chi connectivity index (χ0v) is 13.7. The standard InChI is InChI=1S/C13H13Cl2FN2O2S/c1-3-11-13(21(15,19)20)12(4-2)18(17-11)8-5-6-9(14)10(16)7-8/h5-7H,3-4H2,1-2H3. The molecule has 0 aliphatic rings. The van der Waals surface area contributed by atoms with E-state index in [2.05, 4.69) is 5.10 Å². The van der Waals surface area contributed by atoms with Gasteiger partial charge >= 0.3 is 0 Å². The van der Waals surface area contributed by atoms with E-state index in [0.29, 0.717) is 29.9 Å². The maximum Gasteiger partial charge on any atom is 0.265 e. The fourth-order valence-electron chi connectivity index (χ4n) is 2.14. The maximum atomic E-state index is 13.6. The monoisotopic (exact) mass is 350 g/mol. The Hall–Kier alpha value is -1.11. The Morgan fingerprint density at radius 2 is 1.95 bits per heavy atom. The summed E-state index contributed by atoms with van der Waals surface area (Å²) in [6.07, 6.45) is 0.788. The summed E-state index contributed by atoms with van der Waals surface area (Å²) < 4.78 is 38.6. The molecule has 0 unspecified atom stereocenters. The summed E-state index contributed by atoms with van der Waals surface area (Å²) in [6, 6.07) is 4.17. The van der Waals surface area contributed by atoms with Crippen LogP contribution in [0.1, 0.15) is 25.2 Å². The molecular formula is C13H13Cl2FN2O2S. The molecule has 114 valence electrons. The molecule has 0 aliphatic heterocycles. The van der Waals surface area contributed by atoms with Crippen molar-refractivity contribution in [2.75, 3.05) is 0 Å². The van der Waals surface area contributed by atoms with Gasteiger partial charge in [0.05, 0.1) is 22.1 Å². The van der Waals surface area contributed by atoms with Gasteiger partial charge in [0.1, 0.15) is 10.7 Å². The lowest BCUT2D eigenvalue weighted by atomic mass is 10.2. The first-order valence-electron chi connectivity index (χ1n) is 6.30. The Morgan fingerprint density at radius 3 is 2.43 bits per heavy atom. The Bertz CT molecular complexity index is 788. The van der Waals surface area contributed by atoms with Crippen molar-refractivity contribution in [3.63, 3.8) is 0 Å². The molecule has 0 amide bonds. The summed E-state index contributed by atoms with van der Waals surface area (Å²) in [6.45, 7) is 3.56. The molecule has 0 atom stereocenters. The minimum absolute atomic E-state index is 0.00419. The lowest BCUT2D eigenvalue weighted by Gasteiger charge is -2.07. The summed E-state index contributed by atoms with van der Waals surface area (Å²) in [5.74, 6) is -0.597. The van der Waals surface area contributed by atoms with Gasteiger partial charge in [0, 0.05) is 16.7 Å². The third-order valence-electron chi connectivity index (χ3n) is 3.06. The molecule has 21 heavy (non-hydrogen) atoms. The molecule has 0 fully saturated rings. The normalized spacial score (nSPS) is 11.9. The molecule has 1 aromatic carbocycles. The molecule has 0 spiro atoms. The minimum atomic E-state index is -3.92. The zero-order chi connectivity index (χ0) is 15.8. The van der Waals surface area contributed by atoms with Crippen molar-refractivity contribution in [1.29, 1.82) is 0 Å². The first kappa shape index (κ1) is 16.3. The highest BCUT2D eigenvalue weighted by molar-refractivity contribution is 8.13. The number of hydrogen-bond donors (Lipinski definition) is 0. The van der Waals surface area contributed by atoms with Crippen molar-refractivity contribution in [3.8, 4) is 5.69 Å². The second-order valence-electron chi connectivity index (χ2n) is 4.38. The average Bonchev–Trinajstić information content (AvgIpc) is 2.80. The SMILES string of the molecule is CCc1nn(-c2ccc(Cl)c(F)c2)c(CC)c1S(=O)(=O)Cl. The summed E-state index contributed by atoms with van der Waals surface area (Å²) in [7, 11) is 1.58. The van der Waals surface area contributed by atoms with Gasteiger partial charge in [0.15, 0.2) is 0 Å². The van der Waals surface area contributed by atoms with Crippen LogP contribution in [0.3, 0.4) is 0 Å². The van der Waals surface area contributed by atoms with Crippen LogP contribution in [0.2, 0.25) is 5.02 Å². The van der Waals surface area contributed by atoms with Gasteiger partial charge in [0.25, 0.3) is 9.05 Å². The number of hydrogen-bond acceptors (Lipinski definition) is 3. The van der Waals surface area contributed by atoms with Gasteiger partial charge in [-0.1, -0.05) is 25.4 Å². The predicted molar refractivity (Wildman–Crippen MR) is 80.3 cm³/mol. The van der Waals surface area contributed by atoms with E-state index in [9.17, 15) is 12.8 Å². The Balaban J connectivity index is 2.75. The van der Waals surface area contributed by atoms with Crippen molar-refractivity contribution in [1.82, 2.24) is 9.78 Å². The van der Waals surface area contributed by atoms with Crippen molar-refractivity contribution >= 4 is 31.3 Å². The highest BCUT2D eigenvalue weighted by Crippen LogP contribution is 2.28. The zero-order valence-electron chi connectivity index (χ0n) is 11.4. The number of aromatic nitrogens is 2. The number of rotatable bonds is 4. The Labute approximate surface area is 131 Å². The topological polar surface area (TPSA) is 52.0 Å². The van der Waals surface area contributed by atoms with E-state index in [-0.39, 0.29) is 9.92 Å². The molecule has 1 heterocycles. The van der Waals surface area contributed by atoms with Crippen LogP contribution in [0.5, 0.6) is 0 Å². The fraction of sp³-hybridized carbons (Fsp3) is 0.308. The largest absolute Gasteiger partial charge is 0.265 e. The van der Waals surface area contributed by atoms with Crippen LogP contribution in [0.25, 0.3) is 5.69 Å². The molecule has 0 aliphatic carbocycles. The molecule has 8 heteroatoms. The van der Waals surface area contributed by atoms with Crippen molar-refractivity contribution < 1.29 is 12.8 Å². The Morgan fingerprint density at radius 1 is 1.29 bits per heavy atom. The second-order valence-corrected chi connectivity index (χ2v) is 7.29. The van der Waals surface area contributed by atoms with E-state index < -0.39 is 14.9 Å². The molecule has 2 rings (SSSR count). The summed E-state index contributed by atoms with van der Waals surface area (Å²) in [4.78, 5) is 0.00419. The second kappa shape index (κ2) is 5.94. The number of nitrogens with zero attached hydrogens (tertiary/aromatic N) is 2. The third kappa shape index (κ3) is 3.07. The molecule has 0 radical (unpaired) electrons. The van der Waals surface area contributed by atoms with Crippen LogP contribution < -0.4 is 0 Å². The molecule has 0 bridgehead atoms. The van der Waals surface area contributed by atoms with Crippen molar-refractivity contribution in [2.45, 2.75) is 31.6 Å². The first-order valence-corrected chi connectivity index (χ1v) is 8.99. The van der Waals surface area contributed by atoms with E-state index in [4.69, 9.17) is 22.3 Å². The summed E-state index contributed by atoms with van der Waals surface area (Å²) in [5.41, 5.74) is 1.18. The third-order valence-corrected chi connectivity index (χ3v) is 4.79. The van der Waals surface area contributed by atoms with Gasteiger partial charge < -0.3 is 0 Å². The maximum absolute atomic E-state index is 13.6.